The Balaban J connectivity index is 1.27. The van der Waals surface area contributed by atoms with E-state index in [1.807, 2.05) is 24.4 Å². The Labute approximate surface area is 180 Å². The van der Waals surface area contributed by atoms with E-state index in [1.165, 1.54) is 12.1 Å². The van der Waals surface area contributed by atoms with Crippen molar-refractivity contribution >= 4 is 21.7 Å². The van der Waals surface area contributed by atoms with E-state index in [-0.39, 0.29) is 16.7 Å². The second-order valence-electron chi connectivity index (χ2n) is 7.37. The Morgan fingerprint density at radius 1 is 1.06 bits per heavy atom. The van der Waals surface area contributed by atoms with Crippen LogP contribution in [0, 0.1) is 5.92 Å². The number of nitrogens with one attached hydrogen (secondary N) is 1. The summed E-state index contributed by atoms with van der Waals surface area (Å²) in [5.74, 6) is 1.36. The molecule has 1 fully saturated rings. The number of primary sulfonamides is 1. The van der Waals surface area contributed by atoms with Gasteiger partial charge in [-0.15, -0.1) is 10.2 Å². The maximum Gasteiger partial charge on any atom is 0.238 e. The molecule has 1 saturated heterocycles. The summed E-state index contributed by atoms with van der Waals surface area (Å²) in [7, 11) is -3.72. The number of rotatable bonds is 6. The molecule has 162 valence electrons. The van der Waals surface area contributed by atoms with Gasteiger partial charge in [0.1, 0.15) is 0 Å². The molecule has 10 nitrogen and oxygen atoms in total. The van der Waals surface area contributed by atoms with Gasteiger partial charge in [-0.1, -0.05) is 12.1 Å². The van der Waals surface area contributed by atoms with Crippen LogP contribution in [0.1, 0.15) is 18.4 Å². The van der Waals surface area contributed by atoms with Crippen molar-refractivity contribution in [1.82, 2.24) is 25.3 Å². The first-order chi connectivity index (χ1) is 14.9. The van der Waals surface area contributed by atoms with Gasteiger partial charge in [0.05, 0.1) is 4.90 Å². The molecule has 1 amide bonds. The van der Waals surface area contributed by atoms with Gasteiger partial charge in [-0.25, -0.2) is 18.2 Å². The molecule has 4 rings (SSSR count). The molecule has 11 heteroatoms. The highest BCUT2D eigenvalue weighted by molar-refractivity contribution is 7.89. The van der Waals surface area contributed by atoms with Crippen molar-refractivity contribution in [1.29, 1.82) is 0 Å². The Kier molecular flexibility index (Phi) is 5.96. The molecule has 3 aromatic rings. The van der Waals surface area contributed by atoms with Crippen LogP contribution in [0.4, 0.5) is 5.82 Å². The lowest BCUT2D eigenvalue weighted by atomic mass is 9.96. The van der Waals surface area contributed by atoms with E-state index < -0.39 is 10.0 Å². The Morgan fingerprint density at radius 3 is 2.32 bits per heavy atom. The van der Waals surface area contributed by atoms with Gasteiger partial charge in [0.2, 0.25) is 15.9 Å². The van der Waals surface area contributed by atoms with Crippen molar-refractivity contribution in [2.24, 2.45) is 11.1 Å². The molecule has 0 atom stereocenters. The maximum absolute atomic E-state index is 12.5. The SMILES string of the molecule is NS(=O)(=O)c1ccc(CNC(=O)C2CCN(c3ccc(-n4cccn4)nn3)CC2)cc1. The molecule has 2 aromatic heterocycles. The van der Waals surface area contributed by atoms with Gasteiger partial charge in [0.15, 0.2) is 11.6 Å². The van der Waals surface area contributed by atoms with E-state index in [0.717, 1.165) is 37.3 Å². The van der Waals surface area contributed by atoms with Crippen molar-refractivity contribution in [3.63, 3.8) is 0 Å². The fourth-order valence-corrected chi connectivity index (χ4v) is 4.03. The predicted molar refractivity (Wildman–Crippen MR) is 114 cm³/mol. The Hall–Kier alpha value is -3.31. The first-order valence-corrected chi connectivity index (χ1v) is 11.4. The average molecular weight is 442 g/mol. The molecule has 0 bridgehead atoms. The fraction of sp³-hybridized carbons (Fsp3) is 0.300. The van der Waals surface area contributed by atoms with Crippen LogP contribution in [-0.4, -0.2) is 47.4 Å². The highest BCUT2D eigenvalue weighted by atomic mass is 32.2. The quantitative estimate of drug-likeness (QED) is 0.578. The highest BCUT2D eigenvalue weighted by Crippen LogP contribution is 2.22. The first-order valence-electron chi connectivity index (χ1n) is 9.88. The van der Waals surface area contributed by atoms with Crippen LogP contribution in [0.5, 0.6) is 0 Å². The molecule has 1 aromatic carbocycles. The van der Waals surface area contributed by atoms with Gasteiger partial charge in [0, 0.05) is 37.9 Å². The zero-order chi connectivity index (χ0) is 21.8. The zero-order valence-corrected chi connectivity index (χ0v) is 17.6. The third kappa shape index (κ3) is 5.06. The van der Waals surface area contributed by atoms with Crippen molar-refractivity contribution in [2.75, 3.05) is 18.0 Å². The fourth-order valence-electron chi connectivity index (χ4n) is 3.51. The van der Waals surface area contributed by atoms with E-state index in [9.17, 15) is 13.2 Å². The summed E-state index contributed by atoms with van der Waals surface area (Å²) in [5, 5.41) is 20.7. The van der Waals surface area contributed by atoms with Crippen molar-refractivity contribution < 1.29 is 13.2 Å². The molecule has 3 heterocycles. The van der Waals surface area contributed by atoms with Crippen LogP contribution in [-0.2, 0) is 21.4 Å². The van der Waals surface area contributed by atoms with Gasteiger partial charge < -0.3 is 10.2 Å². The lowest BCUT2D eigenvalue weighted by Crippen LogP contribution is -2.40. The van der Waals surface area contributed by atoms with Gasteiger partial charge in [-0.3, -0.25) is 4.79 Å². The van der Waals surface area contributed by atoms with Gasteiger partial charge in [-0.2, -0.15) is 5.10 Å². The highest BCUT2D eigenvalue weighted by Gasteiger charge is 2.25. The third-order valence-corrected chi connectivity index (χ3v) is 6.21. The minimum absolute atomic E-state index is 0.00436. The monoisotopic (exact) mass is 441 g/mol. The summed E-state index contributed by atoms with van der Waals surface area (Å²) in [5.41, 5.74) is 0.811. The Morgan fingerprint density at radius 2 is 1.74 bits per heavy atom. The lowest BCUT2D eigenvalue weighted by Gasteiger charge is -2.31. The lowest BCUT2D eigenvalue weighted by molar-refractivity contribution is -0.125. The standard InChI is InChI=1S/C20H23N7O3S/c21-31(29,30)17-4-2-15(3-5-17)14-22-20(28)16-8-12-26(13-9-16)18-6-7-19(25-24-18)27-11-1-10-23-27/h1-7,10-11,16H,8-9,12-14H2,(H,22,28)(H2,21,29,30). The molecule has 0 radical (unpaired) electrons. The molecular weight excluding hydrogens is 418 g/mol. The van der Waals surface area contributed by atoms with E-state index in [1.54, 1.807) is 23.0 Å². The summed E-state index contributed by atoms with van der Waals surface area (Å²) in [6.07, 6.45) is 4.94. The van der Waals surface area contributed by atoms with E-state index in [4.69, 9.17) is 5.14 Å². The van der Waals surface area contributed by atoms with E-state index >= 15 is 0 Å². The molecule has 0 saturated carbocycles. The molecule has 0 unspecified atom stereocenters. The summed E-state index contributed by atoms with van der Waals surface area (Å²) >= 11 is 0. The van der Waals surface area contributed by atoms with Crippen LogP contribution in [0.3, 0.4) is 0 Å². The predicted octanol–water partition coefficient (Wildman–Crippen LogP) is 0.842. The first kappa shape index (κ1) is 20.9. The largest absolute Gasteiger partial charge is 0.355 e. The zero-order valence-electron chi connectivity index (χ0n) is 16.8. The molecule has 31 heavy (non-hydrogen) atoms. The number of amides is 1. The number of piperidine rings is 1. The van der Waals surface area contributed by atoms with Gasteiger partial charge in [-0.05, 0) is 48.7 Å². The molecule has 0 aliphatic carbocycles. The Bertz CT molecular complexity index is 1120. The molecule has 1 aliphatic rings. The normalized spacial score (nSPS) is 15.1. The minimum atomic E-state index is -3.72. The van der Waals surface area contributed by atoms with Crippen LogP contribution >= 0.6 is 0 Å². The van der Waals surface area contributed by atoms with Crippen molar-refractivity contribution in [3.8, 4) is 5.82 Å². The van der Waals surface area contributed by atoms with Crippen molar-refractivity contribution in [3.05, 3.63) is 60.4 Å². The second kappa shape index (κ2) is 8.82. The summed E-state index contributed by atoms with van der Waals surface area (Å²) in [4.78, 5) is 14.7. The van der Waals surface area contributed by atoms with Gasteiger partial charge in [0.25, 0.3) is 0 Å². The number of carbonyl (C=O) groups excluding carboxylic acids is 1. The number of nitrogens with two attached hydrogens (primary N) is 1. The summed E-state index contributed by atoms with van der Waals surface area (Å²) in [6, 6.07) is 11.8. The van der Waals surface area contributed by atoms with E-state index in [0.29, 0.717) is 12.4 Å². The number of carbonyl (C=O) groups is 1. The topological polar surface area (TPSA) is 136 Å². The molecule has 0 spiro atoms. The number of hydrogen-bond donors (Lipinski definition) is 2. The summed E-state index contributed by atoms with van der Waals surface area (Å²) < 4.78 is 24.3. The van der Waals surface area contributed by atoms with Crippen LogP contribution in [0.2, 0.25) is 0 Å². The van der Waals surface area contributed by atoms with Crippen LogP contribution in [0.15, 0.2) is 59.8 Å². The maximum atomic E-state index is 12.5. The number of nitrogens with zero attached hydrogens (tertiary/aromatic N) is 5. The third-order valence-electron chi connectivity index (χ3n) is 5.28. The number of benzene rings is 1. The smallest absolute Gasteiger partial charge is 0.238 e. The minimum Gasteiger partial charge on any atom is -0.355 e. The number of hydrogen-bond acceptors (Lipinski definition) is 7. The van der Waals surface area contributed by atoms with E-state index in [2.05, 4.69) is 25.5 Å². The molecule has 3 N–H and O–H groups in total. The van der Waals surface area contributed by atoms with Crippen LogP contribution < -0.4 is 15.4 Å². The van der Waals surface area contributed by atoms with Crippen LogP contribution in [0.25, 0.3) is 5.82 Å². The second-order valence-corrected chi connectivity index (χ2v) is 8.93. The number of aromatic nitrogens is 4. The molecular formula is C20H23N7O3S. The van der Waals surface area contributed by atoms with Crippen molar-refractivity contribution in [2.45, 2.75) is 24.3 Å². The average Bonchev–Trinajstić information content (AvgIpc) is 3.32. The molecule has 1 aliphatic heterocycles. The number of anilines is 1. The number of sulfonamides is 1. The summed E-state index contributed by atoms with van der Waals surface area (Å²) in [6.45, 7) is 1.78. The van der Waals surface area contributed by atoms with Gasteiger partial charge >= 0.3 is 0 Å².